The Morgan fingerprint density at radius 2 is 2.18 bits per heavy atom. The summed E-state index contributed by atoms with van der Waals surface area (Å²) >= 11 is 0. The van der Waals surface area contributed by atoms with Gasteiger partial charge in [-0.05, 0) is 38.1 Å². The maximum absolute atomic E-state index is 12.1. The van der Waals surface area contributed by atoms with E-state index in [1.165, 1.54) is 0 Å². The molecule has 1 atom stereocenters. The number of likely N-dealkylation sites (tertiary alicyclic amines) is 1. The molecule has 17 heavy (non-hydrogen) atoms. The van der Waals surface area contributed by atoms with E-state index in [4.69, 9.17) is 0 Å². The average molecular weight is 232 g/mol. The van der Waals surface area contributed by atoms with Gasteiger partial charge in [0.2, 0.25) is 5.91 Å². The Balaban J connectivity index is 1.91. The van der Waals surface area contributed by atoms with Crippen molar-refractivity contribution in [2.75, 3.05) is 25.0 Å². The third-order valence-electron chi connectivity index (χ3n) is 3.36. The van der Waals surface area contributed by atoms with Gasteiger partial charge in [-0.15, -0.1) is 0 Å². The molecule has 1 fully saturated rings. The fourth-order valence-electron chi connectivity index (χ4n) is 2.32. The second-order valence-corrected chi connectivity index (χ2v) is 4.59. The van der Waals surface area contributed by atoms with Crippen molar-refractivity contribution in [2.45, 2.75) is 19.8 Å². The fraction of sp³-hybridized carbons (Fsp3) is 0.500. The minimum absolute atomic E-state index is 0.143. The summed E-state index contributed by atoms with van der Waals surface area (Å²) in [5, 5.41) is 2.99. The number of carbonyl (C=O) groups is 1. The molecule has 92 valence electrons. The molecular weight excluding hydrogens is 212 g/mol. The van der Waals surface area contributed by atoms with Crippen LogP contribution in [0.5, 0.6) is 0 Å². The lowest BCUT2D eigenvalue weighted by Crippen LogP contribution is -2.40. The van der Waals surface area contributed by atoms with Gasteiger partial charge in [0.25, 0.3) is 0 Å². The first-order valence-electron chi connectivity index (χ1n) is 6.38. The van der Waals surface area contributed by atoms with E-state index in [-0.39, 0.29) is 11.8 Å². The van der Waals surface area contributed by atoms with Crippen molar-refractivity contribution in [1.82, 2.24) is 4.90 Å². The number of hydrogen-bond donors (Lipinski definition) is 1. The van der Waals surface area contributed by atoms with Crippen LogP contribution < -0.4 is 5.32 Å². The number of rotatable bonds is 3. The van der Waals surface area contributed by atoms with Gasteiger partial charge in [0.15, 0.2) is 0 Å². The summed E-state index contributed by atoms with van der Waals surface area (Å²) in [6, 6.07) is 9.69. The van der Waals surface area contributed by atoms with Crippen LogP contribution >= 0.6 is 0 Å². The molecule has 1 aromatic carbocycles. The zero-order valence-electron chi connectivity index (χ0n) is 10.4. The second kappa shape index (κ2) is 5.82. The Morgan fingerprint density at radius 1 is 1.41 bits per heavy atom. The lowest BCUT2D eigenvalue weighted by molar-refractivity contribution is -0.121. The van der Waals surface area contributed by atoms with Crippen molar-refractivity contribution in [3.8, 4) is 0 Å². The molecule has 2 rings (SSSR count). The Morgan fingerprint density at radius 3 is 2.88 bits per heavy atom. The van der Waals surface area contributed by atoms with Gasteiger partial charge in [0, 0.05) is 12.2 Å². The minimum atomic E-state index is 0.143. The number of para-hydroxylation sites is 1. The molecule has 1 aromatic rings. The van der Waals surface area contributed by atoms with Crippen molar-refractivity contribution in [1.29, 1.82) is 0 Å². The van der Waals surface area contributed by atoms with Crippen LogP contribution in [-0.4, -0.2) is 30.4 Å². The van der Waals surface area contributed by atoms with E-state index >= 15 is 0 Å². The van der Waals surface area contributed by atoms with Crippen LogP contribution in [0.2, 0.25) is 0 Å². The van der Waals surface area contributed by atoms with Crippen molar-refractivity contribution < 1.29 is 4.79 Å². The number of hydrogen-bond acceptors (Lipinski definition) is 2. The zero-order chi connectivity index (χ0) is 12.1. The second-order valence-electron chi connectivity index (χ2n) is 4.59. The Bertz CT molecular complexity index is 364. The van der Waals surface area contributed by atoms with Crippen LogP contribution in [0.15, 0.2) is 30.3 Å². The third kappa shape index (κ3) is 3.30. The van der Waals surface area contributed by atoms with E-state index in [1.54, 1.807) is 0 Å². The molecule has 1 N–H and O–H groups in total. The number of anilines is 1. The summed E-state index contributed by atoms with van der Waals surface area (Å²) in [5.41, 5.74) is 0.895. The highest BCUT2D eigenvalue weighted by atomic mass is 16.1. The number of piperidine rings is 1. The quantitative estimate of drug-likeness (QED) is 0.867. The molecule has 0 bridgehead atoms. The van der Waals surface area contributed by atoms with E-state index in [2.05, 4.69) is 17.1 Å². The van der Waals surface area contributed by atoms with Crippen LogP contribution in [0.3, 0.4) is 0 Å². The van der Waals surface area contributed by atoms with Gasteiger partial charge < -0.3 is 10.2 Å². The van der Waals surface area contributed by atoms with Gasteiger partial charge in [-0.2, -0.15) is 0 Å². The van der Waals surface area contributed by atoms with Crippen LogP contribution in [0.4, 0.5) is 5.69 Å². The summed E-state index contributed by atoms with van der Waals surface area (Å²) in [4.78, 5) is 14.4. The summed E-state index contributed by atoms with van der Waals surface area (Å²) in [6.07, 6.45) is 2.13. The molecule has 1 aliphatic heterocycles. The molecule has 0 saturated carbocycles. The van der Waals surface area contributed by atoms with Crippen molar-refractivity contribution >= 4 is 11.6 Å². The first-order valence-corrected chi connectivity index (χ1v) is 6.38. The predicted octanol–water partition coefficient (Wildman–Crippen LogP) is 2.36. The van der Waals surface area contributed by atoms with Crippen molar-refractivity contribution in [3.63, 3.8) is 0 Å². The molecule has 0 aromatic heterocycles. The molecule has 1 unspecified atom stereocenters. The molecular formula is C14H20N2O. The summed E-state index contributed by atoms with van der Waals surface area (Å²) in [5.74, 6) is 0.304. The number of benzene rings is 1. The lowest BCUT2D eigenvalue weighted by atomic mass is 9.97. The summed E-state index contributed by atoms with van der Waals surface area (Å²) in [7, 11) is 0. The van der Waals surface area contributed by atoms with Gasteiger partial charge in [-0.3, -0.25) is 4.79 Å². The van der Waals surface area contributed by atoms with E-state index in [0.29, 0.717) is 0 Å². The maximum atomic E-state index is 12.1. The first kappa shape index (κ1) is 12.1. The van der Waals surface area contributed by atoms with Crippen LogP contribution in [0.25, 0.3) is 0 Å². The summed E-state index contributed by atoms with van der Waals surface area (Å²) < 4.78 is 0. The Kier molecular flexibility index (Phi) is 4.15. The van der Waals surface area contributed by atoms with E-state index in [0.717, 1.165) is 38.2 Å². The van der Waals surface area contributed by atoms with Crippen LogP contribution in [0, 0.1) is 5.92 Å². The first-order chi connectivity index (χ1) is 8.29. The number of amides is 1. The molecule has 0 aliphatic carbocycles. The highest BCUT2D eigenvalue weighted by Gasteiger charge is 2.24. The minimum Gasteiger partial charge on any atom is -0.326 e. The molecule has 1 aliphatic rings. The van der Waals surface area contributed by atoms with Crippen LogP contribution in [-0.2, 0) is 4.79 Å². The molecule has 0 spiro atoms. The van der Waals surface area contributed by atoms with Gasteiger partial charge in [0.1, 0.15) is 0 Å². The maximum Gasteiger partial charge on any atom is 0.228 e. The number of nitrogens with zero attached hydrogens (tertiary/aromatic N) is 1. The number of carbonyl (C=O) groups excluding carboxylic acids is 1. The molecule has 1 heterocycles. The predicted molar refractivity (Wildman–Crippen MR) is 69.9 cm³/mol. The summed E-state index contributed by atoms with van der Waals surface area (Å²) in [6.45, 7) is 5.22. The highest BCUT2D eigenvalue weighted by Crippen LogP contribution is 2.18. The van der Waals surface area contributed by atoms with Gasteiger partial charge in [0.05, 0.1) is 5.92 Å². The Labute approximate surface area is 103 Å². The molecule has 3 heteroatoms. The average Bonchev–Trinajstić information content (AvgIpc) is 2.40. The van der Waals surface area contributed by atoms with E-state index in [1.807, 2.05) is 30.3 Å². The monoisotopic (exact) mass is 232 g/mol. The highest BCUT2D eigenvalue weighted by molar-refractivity contribution is 5.92. The number of nitrogens with one attached hydrogen (secondary N) is 1. The largest absolute Gasteiger partial charge is 0.326 e. The molecule has 0 radical (unpaired) electrons. The van der Waals surface area contributed by atoms with Gasteiger partial charge in [-0.25, -0.2) is 0 Å². The fourth-order valence-corrected chi connectivity index (χ4v) is 2.32. The van der Waals surface area contributed by atoms with Crippen molar-refractivity contribution in [2.24, 2.45) is 5.92 Å². The molecule has 1 saturated heterocycles. The topological polar surface area (TPSA) is 32.3 Å². The lowest BCUT2D eigenvalue weighted by Gasteiger charge is -2.30. The van der Waals surface area contributed by atoms with Gasteiger partial charge in [-0.1, -0.05) is 25.1 Å². The smallest absolute Gasteiger partial charge is 0.228 e. The normalized spacial score (nSPS) is 21.1. The standard InChI is InChI=1S/C14H20N2O/c1-2-16-10-6-7-12(11-16)14(17)15-13-8-4-3-5-9-13/h3-5,8-9,12H,2,6-7,10-11H2,1H3,(H,15,17). The third-order valence-corrected chi connectivity index (χ3v) is 3.36. The van der Waals surface area contributed by atoms with Crippen LogP contribution in [0.1, 0.15) is 19.8 Å². The zero-order valence-corrected chi connectivity index (χ0v) is 10.4. The molecule has 1 amide bonds. The van der Waals surface area contributed by atoms with E-state index in [9.17, 15) is 4.79 Å². The Hall–Kier alpha value is -1.35. The SMILES string of the molecule is CCN1CCCC(C(=O)Nc2ccccc2)C1. The molecule has 3 nitrogen and oxygen atoms in total. The van der Waals surface area contributed by atoms with E-state index < -0.39 is 0 Å². The van der Waals surface area contributed by atoms with Crippen molar-refractivity contribution in [3.05, 3.63) is 30.3 Å². The van der Waals surface area contributed by atoms with Gasteiger partial charge >= 0.3 is 0 Å².